The molecule has 68 valence electrons. The second-order valence-corrected chi connectivity index (χ2v) is 1.72. The van der Waals surface area contributed by atoms with Crippen LogP contribution >= 0.6 is 0 Å². The predicted molar refractivity (Wildman–Crippen MR) is 41.9 cm³/mol. The van der Waals surface area contributed by atoms with Crippen molar-refractivity contribution in [3.63, 3.8) is 0 Å². The molecule has 5 nitrogen and oxygen atoms in total. The third kappa shape index (κ3) is 26.7. The smallest absolute Gasteiger partial charge is 0.216 e. The van der Waals surface area contributed by atoms with E-state index in [9.17, 15) is 4.79 Å². The summed E-state index contributed by atoms with van der Waals surface area (Å²) in [5.41, 5.74) is 4.78. The normalized spacial score (nSPS) is 8.00. The first-order chi connectivity index (χ1) is 5.18. The molecule has 5 N–H and O–H groups in total. The summed E-state index contributed by atoms with van der Waals surface area (Å²) in [7, 11) is 0. The third-order valence-electron chi connectivity index (χ3n) is 0.615. The Balaban J connectivity index is 0. The fourth-order valence-corrected chi connectivity index (χ4v) is 0.232. The van der Waals surface area contributed by atoms with Gasteiger partial charge in [0.1, 0.15) is 0 Å². The monoisotopic (exact) mass is 164 g/mol. The minimum atomic E-state index is -0.103. The maximum atomic E-state index is 9.98. The number of aliphatic hydroxyl groups excluding tert-OH is 2. The lowest BCUT2D eigenvalue weighted by atomic mass is 10.6. The summed E-state index contributed by atoms with van der Waals surface area (Å²) < 4.78 is 0. The van der Waals surface area contributed by atoms with Crippen LogP contribution < -0.4 is 11.1 Å². The summed E-state index contributed by atoms with van der Waals surface area (Å²) in [6, 6.07) is 0. The standard InChI is InChI=1S/C4H9NO2.C2H7NO/c1-4(7)5-2-3-6;3-1-2-4/h6H,2-3H2,1H3,(H,5,7);4H,1-3H2. The van der Waals surface area contributed by atoms with Crippen LogP contribution in [0.15, 0.2) is 0 Å². The van der Waals surface area contributed by atoms with Crippen LogP contribution in [0, 0.1) is 0 Å². The van der Waals surface area contributed by atoms with E-state index in [2.05, 4.69) is 5.32 Å². The number of carbonyl (C=O) groups excluding carboxylic acids is 1. The highest BCUT2D eigenvalue weighted by atomic mass is 16.3. The summed E-state index contributed by atoms with van der Waals surface area (Å²) in [5.74, 6) is -0.103. The van der Waals surface area contributed by atoms with E-state index >= 15 is 0 Å². The van der Waals surface area contributed by atoms with Crippen molar-refractivity contribution in [1.82, 2.24) is 5.32 Å². The first kappa shape index (κ1) is 13.0. The molecule has 0 aromatic heterocycles. The molecule has 0 saturated heterocycles. The molecule has 0 rings (SSSR count). The van der Waals surface area contributed by atoms with Crippen LogP contribution in [-0.2, 0) is 4.79 Å². The molecule has 0 bridgehead atoms. The lowest BCUT2D eigenvalue weighted by Crippen LogP contribution is -2.22. The summed E-state index contributed by atoms with van der Waals surface area (Å²) in [5, 5.41) is 18.3. The number of hydrogen-bond acceptors (Lipinski definition) is 4. The number of carbonyl (C=O) groups is 1. The molecule has 5 heteroatoms. The van der Waals surface area contributed by atoms with Gasteiger partial charge in [0, 0.05) is 20.0 Å². The molecule has 0 aliphatic heterocycles. The summed E-state index contributed by atoms with van der Waals surface area (Å²) in [4.78, 5) is 9.98. The van der Waals surface area contributed by atoms with Crippen LogP contribution in [0.25, 0.3) is 0 Å². The van der Waals surface area contributed by atoms with Gasteiger partial charge >= 0.3 is 0 Å². The van der Waals surface area contributed by atoms with Gasteiger partial charge < -0.3 is 21.3 Å². The van der Waals surface area contributed by atoms with E-state index in [1.54, 1.807) is 0 Å². The Labute approximate surface area is 66.2 Å². The van der Waals surface area contributed by atoms with Crippen LogP contribution in [0.2, 0.25) is 0 Å². The summed E-state index contributed by atoms with van der Waals surface area (Å²) in [6.45, 7) is 2.25. The van der Waals surface area contributed by atoms with Gasteiger partial charge in [0.2, 0.25) is 5.91 Å². The first-order valence-corrected chi connectivity index (χ1v) is 3.35. The second kappa shape index (κ2) is 12.1. The van der Waals surface area contributed by atoms with E-state index in [4.69, 9.17) is 15.9 Å². The van der Waals surface area contributed by atoms with Crippen molar-refractivity contribution in [3.05, 3.63) is 0 Å². The Kier molecular flexibility index (Phi) is 14.2. The maximum Gasteiger partial charge on any atom is 0.216 e. The van der Waals surface area contributed by atoms with Crippen molar-refractivity contribution in [2.45, 2.75) is 6.92 Å². The van der Waals surface area contributed by atoms with Crippen molar-refractivity contribution in [2.75, 3.05) is 26.3 Å². The molecule has 0 fully saturated rings. The molecule has 0 unspecified atom stereocenters. The quantitative estimate of drug-likeness (QED) is 0.390. The van der Waals surface area contributed by atoms with Crippen LogP contribution in [0.4, 0.5) is 0 Å². The van der Waals surface area contributed by atoms with Crippen molar-refractivity contribution in [3.8, 4) is 0 Å². The predicted octanol–water partition coefficient (Wildman–Crippen LogP) is -1.95. The summed E-state index contributed by atoms with van der Waals surface area (Å²) in [6.07, 6.45) is 0. The van der Waals surface area contributed by atoms with Gasteiger partial charge in [0.25, 0.3) is 0 Å². The van der Waals surface area contributed by atoms with Gasteiger partial charge in [-0.1, -0.05) is 0 Å². The number of amides is 1. The van der Waals surface area contributed by atoms with E-state index in [1.165, 1.54) is 6.92 Å². The Morgan fingerprint density at radius 3 is 2.00 bits per heavy atom. The van der Waals surface area contributed by atoms with Gasteiger partial charge in [0.05, 0.1) is 13.2 Å². The van der Waals surface area contributed by atoms with Crippen molar-refractivity contribution in [1.29, 1.82) is 0 Å². The van der Waals surface area contributed by atoms with Gasteiger partial charge in [0.15, 0.2) is 0 Å². The van der Waals surface area contributed by atoms with E-state index in [-0.39, 0.29) is 19.1 Å². The lowest BCUT2D eigenvalue weighted by Gasteiger charge is -1.93. The molecule has 0 saturated carbocycles. The third-order valence-corrected chi connectivity index (χ3v) is 0.615. The fraction of sp³-hybridized carbons (Fsp3) is 0.833. The molecule has 11 heavy (non-hydrogen) atoms. The van der Waals surface area contributed by atoms with Gasteiger partial charge in [-0.15, -0.1) is 0 Å². The molecule has 0 atom stereocenters. The van der Waals surface area contributed by atoms with Gasteiger partial charge in [-0.25, -0.2) is 0 Å². The van der Waals surface area contributed by atoms with Crippen LogP contribution in [-0.4, -0.2) is 42.4 Å². The Morgan fingerprint density at radius 2 is 1.91 bits per heavy atom. The molecular formula is C6H16N2O3. The van der Waals surface area contributed by atoms with Crippen LogP contribution in [0.5, 0.6) is 0 Å². The average molecular weight is 164 g/mol. The van der Waals surface area contributed by atoms with Gasteiger partial charge in [-0.2, -0.15) is 0 Å². The van der Waals surface area contributed by atoms with Crippen molar-refractivity contribution < 1.29 is 15.0 Å². The summed E-state index contributed by atoms with van der Waals surface area (Å²) >= 11 is 0. The zero-order valence-electron chi connectivity index (χ0n) is 6.71. The first-order valence-electron chi connectivity index (χ1n) is 3.35. The Hall–Kier alpha value is -0.650. The van der Waals surface area contributed by atoms with Gasteiger partial charge in [-0.05, 0) is 0 Å². The molecule has 0 aliphatic rings. The van der Waals surface area contributed by atoms with E-state index in [1.807, 2.05) is 0 Å². The minimum absolute atomic E-state index is 0.0135. The highest BCUT2D eigenvalue weighted by molar-refractivity contribution is 5.72. The van der Waals surface area contributed by atoms with E-state index in [0.717, 1.165) is 0 Å². The van der Waals surface area contributed by atoms with Crippen LogP contribution in [0.3, 0.4) is 0 Å². The largest absolute Gasteiger partial charge is 0.395 e. The second-order valence-electron chi connectivity index (χ2n) is 1.72. The van der Waals surface area contributed by atoms with Crippen molar-refractivity contribution in [2.24, 2.45) is 5.73 Å². The molecule has 1 amide bonds. The number of nitrogens with one attached hydrogen (secondary N) is 1. The molecule has 0 radical (unpaired) electrons. The molecule has 0 aliphatic carbocycles. The number of rotatable bonds is 3. The molecular weight excluding hydrogens is 148 g/mol. The molecule has 0 spiro atoms. The highest BCUT2D eigenvalue weighted by Gasteiger charge is 1.83. The Morgan fingerprint density at radius 1 is 1.45 bits per heavy atom. The topological polar surface area (TPSA) is 95.6 Å². The average Bonchev–Trinajstić information content (AvgIpc) is 2.01. The molecule has 0 aromatic carbocycles. The SMILES string of the molecule is CC(=O)NCCO.NCCO. The number of aliphatic hydroxyl groups is 2. The fourth-order valence-electron chi connectivity index (χ4n) is 0.232. The zero-order valence-corrected chi connectivity index (χ0v) is 6.71. The van der Waals surface area contributed by atoms with Crippen LogP contribution in [0.1, 0.15) is 6.92 Å². The molecule has 0 aromatic rings. The lowest BCUT2D eigenvalue weighted by molar-refractivity contribution is -0.119. The van der Waals surface area contributed by atoms with Crippen molar-refractivity contribution >= 4 is 5.91 Å². The minimum Gasteiger partial charge on any atom is -0.395 e. The van der Waals surface area contributed by atoms with Gasteiger partial charge in [-0.3, -0.25) is 4.79 Å². The van der Waals surface area contributed by atoms with E-state index < -0.39 is 0 Å². The Bertz CT molecular complexity index is 85.9. The number of nitrogens with two attached hydrogens (primary N) is 1. The molecule has 0 heterocycles. The maximum absolute atomic E-state index is 9.98. The number of hydrogen-bond donors (Lipinski definition) is 4. The highest BCUT2D eigenvalue weighted by Crippen LogP contribution is 1.56. The zero-order chi connectivity index (χ0) is 9.11. The van der Waals surface area contributed by atoms with E-state index in [0.29, 0.717) is 13.1 Å².